The Bertz CT molecular complexity index is 363. The van der Waals surface area contributed by atoms with Gasteiger partial charge in [0.2, 0.25) is 0 Å². The van der Waals surface area contributed by atoms with Crippen LogP contribution in [0.15, 0.2) is 29.4 Å². The summed E-state index contributed by atoms with van der Waals surface area (Å²) in [6.45, 7) is 4.20. The molecule has 1 unspecified atom stereocenters. The Balaban J connectivity index is 2.68. The van der Waals surface area contributed by atoms with Crippen LogP contribution in [0.1, 0.15) is 19.4 Å². The molecule has 0 saturated carbocycles. The molecule has 1 aromatic rings. The summed E-state index contributed by atoms with van der Waals surface area (Å²) >= 11 is 0. The van der Waals surface area contributed by atoms with Crippen molar-refractivity contribution in [3.8, 4) is 5.75 Å². The van der Waals surface area contributed by atoms with Gasteiger partial charge in [0.25, 0.3) is 0 Å². The number of nitrogens with zero attached hydrogens (tertiary/aromatic N) is 1. The number of ether oxygens (including phenoxy) is 1. The van der Waals surface area contributed by atoms with Gasteiger partial charge < -0.3 is 15.1 Å². The molecule has 4 heteroatoms. The molecule has 1 aromatic carbocycles. The largest absolute Gasteiger partial charge is 0.493 e. The fourth-order valence-corrected chi connectivity index (χ4v) is 1.16. The number of oxime groups is 1. The van der Waals surface area contributed by atoms with E-state index in [1.807, 2.05) is 25.1 Å². The van der Waals surface area contributed by atoms with Crippen molar-refractivity contribution in [2.24, 2.45) is 11.1 Å². The first-order valence-electron chi connectivity index (χ1n) is 5.20. The monoisotopic (exact) mass is 223 g/mol. The normalized spacial score (nSPS) is 13.6. The van der Waals surface area contributed by atoms with Crippen molar-refractivity contribution in [2.45, 2.75) is 13.8 Å². The minimum atomic E-state index is 0.108. The minimum absolute atomic E-state index is 0.108. The highest BCUT2D eigenvalue weighted by Crippen LogP contribution is 2.14. The lowest BCUT2D eigenvalue weighted by Crippen LogP contribution is -2.12. The standard InChI is InChI=1S/C12H17NO3/c1-9(7-14)8-16-12-5-3-4-11(6-12)10(2)13-15/h3-6,9,14-15H,7-8H2,1-2H3/b13-10+. The SMILES string of the molecule is C/C(=N\O)c1cccc(OCC(C)CO)c1. The smallest absolute Gasteiger partial charge is 0.119 e. The Morgan fingerprint density at radius 2 is 2.25 bits per heavy atom. The summed E-state index contributed by atoms with van der Waals surface area (Å²) < 4.78 is 5.50. The number of benzene rings is 1. The van der Waals surface area contributed by atoms with Crippen molar-refractivity contribution in [2.75, 3.05) is 13.2 Å². The van der Waals surface area contributed by atoms with Gasteiger partial charge in [0.1, 0.15) is 5.75 Å². The van der Waals surface area contributed by atoms with Crippen LogP contribution in [0.2, 0.25) is 0 Å². The van der Waals surface area contributed by atoms with Crippen molar-refractivity contribution in [3.05, 3.63) is 29.8 Å². The first-order chi connectivity index (χ1) is 7.67. The van der Waals surface area contributed by atoms with Gasteiger partial charge in [0.05, 0.1) is 12.3 Å². The zero-order valence-corrected chi connectivity index (χ0v) is 9.55. The van der Waals surface area contributed by atoms with Gasteiger partial charge in [-0.25, -0.2) is 0 Å². The molecule has 88 valence electrons. The summed E-state index contributed by atoms with van der Waals surface area (Å²) in [5, 5.41) is 20.6. The predicted octanol–water partition coefficient (Wildman–Crippen LogP) is 1.89. The van der Waals surface area contributed by atoms with Crippen LogP contribution in [0.4, 0.5) is 0 Å². The van der Waals surface area contributed by atoms with Crippen LogP contribution in [0.3, 0.4) is 0 Å². The van der Waals surface area contributed by atoms with Crippen molar-refractivity contribution in [1.29, 1.82) is 0 Å². The summed E-state index contributed by atoms with van der Waals surface area (Å²) in [5.41, 5.74) is 1.36. The van der Waals surface area contributed by atoms with Gasteiger partial charge in [-0.3, -0.25) is 0 Å². The molecule has 1 atom stereocenters. The molecule has 0 heterocycles. The van der Waals surface area contributed by atoms with Gasteiger partial charge in [-0.1, -0.05) is 24.2 Å². The molecule has 0 bridgehead atoms. The minimum Gasteiger partial charge on any atom is -0.493 e. The molecule has 4 nitrogen and oxygen atoms in total. The highest BCUT2D eigenvalue weighted by molar-refractivity contribution is 5.98. The lowest BCUT2D eigenvalue weighted by molar-refractivity contribution is 0.174. The van der Waals surface area contributed by atoms with E-state index in [-0.39, 0.29) is 12.5 Å². The zero-order valence-electron chi connectivity index (χ0n) is 9.55. The van der Waals surface area contributed by atoms with Crippen LogP contribution in [-0.2, 0) is 0 Å². The molecule has 0 aliphatic heterocycles. The van der Waals surface area contributed by atoms with E-state index in [0.717, 1.165) is 5.56 Å². The summed E-state index contributed by atoms with van der Waals surface area (Å²) in [7, 11) is 0. The van der Waals surface area contributed by atoms with E-state index >= 15 is 0 Å². The van der Waals surface area contributed by atoms with Crippen LogP contribution in [0.5, 0.6) is 5.75 Å². The molecule has 2 N–H and O–H groups in total. The van der Waals surface area contributed by atoms with E-state index in [1.165, 1.54) is 0 Å². The lowest BCUT2D eigenvalue weighted by atomic mass is 10.1. The summed E-state index contributed by atoms with van der Waals surface area (Å²) in [4.78, 5) is 0. The topological polar surface area (TPSA) is 62.1 Å². The van der Waals surface area contributed by atoms with Crippen molar-refractivity contribution >= 4 is 5.71 Å². The molecule has 16 heavy (non-hydrogen) atoms. The molecule has 0 spiro atoms. The first kappa shape index (κ1) is 12.5. The van der Waals surface area contributed by atoms with Crippen LogP contribution in [0.25, 0.3) is 0 Å². The van der Waals surface area contributed by atoms with E-state index in [1.54, 1.807) is 13.0 Å². The third-order valence-electron chi connectivity index (χ3n) is 2.25. The maximum Gasteiger partial charge on any atom is 0.119 e. The highest BCUT2D eigenvalue weighted by atomic mass is 16.5. The van der Waals surface area contributed by atoms with Gasteiger partial charge in [-0.15, -0.1) is 0 Å². The fraction of sp³-hybridized carbons (Fsp3) is 0.417. The quantitative estimate of drug-likeness (QED) is 0.455. The summed E-state index contributed by atoms with van der Waals surface area (Å²) in [6, 6.07) is 7.32. The molecule has 0 saturated heterocycles. The second-order valence-electron chi connectivity index (χ2n) is 3.81. The summed E-state index contributed by atoms with van der Waals surface area (Å²) in [5.74, 6) is 0.817. The number of hydrogen-bond acceptors (Lipinski definition) is 4. The molecule has 1 rings (SSSR count). The van der Waals surface area contributed by atoms with Gasteiger partial charge in [0.15, 0.2) is 0 Å². The van der Waals surface area contributed by atoms with E-state index < -0.39 is 0 Å². The average molecular weight is 223 g/mol. The van der Waals surface area contributed by atoms with E-state index in [4.69, 9.17) is 15.1 Å². The van der Waals surface area contributed by atoms with Crippen LogP contribution >= 0.6 is 0 Å². The number of rotatable bonds is 5. The maximum atomic E-state index is 8.86. The maximum absolute atomic E-state index is 8.86. The average Bonchev–Trinajstić information content (AvgIpc) is 2.35. The molecule has 0 aliphatic rings. The van der Waals surface area contributed by atoms with Crippen molar-refractivity contribution in [3.63, 3.8) is 0 Å². The molecular formula is C12H17NO3. The number of aliphatic hydroxyl groups is 1. The third-order valence-corrected chi connectivity index (χ3v) is 2.25. The van der Waals surface area contributed by atoms with Gasteiger partial charge in [0, 0.05) is 18.1 Å². The van der Waals surface area contributed by atoms with E-state index in [0.29, 0.717) is 18.1 Å². The second-order valence-corrected chi connectivity index (χ2v) is 3.81. The Morgan fingerprint density at radius 1 is 1.50 bits per heavy atom. The van der Waals surface area contributed by atoms with Crippen LogP contribution in [0, 0.1) is 5.92 Å². The van der Waals surface area contributed by atoms with Gasteiger partial charge in [-0.2, -0.15) is 0 Å². The Hall–Kier alpha value is -1.55. The zero-order chi connectivity index (χ0) is 12.0. The molecule has 0 radical (unpaired) electrons. The second kappa shape index (κ2) is 6.12. The van der Waals surface area contributed by atoms with E-state index in [2.05, 4.69) is 5.16 Å². The molecule has 0 fully saturated rings. The van der Waals surface area contributed by atoms with Crippen molar-refractivity contribution < 1.29 is 15.1 Å². The van der Waals surface area contributed by atoms with Gasteiger partial charge in [-0.05, 0) is 19.1 Å². The first-order valence-corrected chi connectivity index (χ1v) is 5.20. The molecule has 0 amide bonds. The molecular weight excluding hydrogens is 206 g/mol. The Kier molecular flexibility index (Phi) is 4.79. The van der Waals surface area contributed by atoms with Crippen LogP contribution < -0.4 is 4.74 Å². The fourth-order valence-electron chi connectivity index (χ4n) is 1.16. The molecule has 0 aromatic heterocycles. The summed E-state index contributed by atoms with van der Waals surface area (Å²) in [6.07, 6.45) is 0. The third kappa shape index (κ3) is 3.55. The molecule has 0 aliphatic carbocycles. The Morgan fingerprint density at radius 3 is 2.88 bits per heavy atom. The van der Waals surface area contributed by atoms with Crippen molar-refractivity contribution in [1.82, 2.24) is 0 Å². The number of hydrogen-bond donors (Lipinski definition) is 2. The van der Waals surface area contributed by atoms with Crippen LogP contribution in [-0.4, -0.2) is 29.2 Å². The lowest BCUT2D eigenvalue weighted by Gasteiger charge is -2.11. The predicted molar refractivity (Wildman–Crippen MR) is 62.2 cm³/mol. The van der Waals surface area contributed by atoms with E-state index in [9.17, 15) is 0 Å². The highest BCUT2D eigenvalue weighted by Gasteiger charge is 2.03. The van der Waals surface area contributed by atoms with Gasteiger partial charge >= 0.3 is 0 Å². The number of aliphatic hydroxyl groups excluding tert-OH is 1. The Labute approximate surface area is 95.2 Å².